The summed E-state index contributed by atoms with van der Waals surface area (Å²) >= 11 is 0. The summed E-state index contributed by atoms with van der Waals surface area (Å²) in [4.78, 5) is 17.0. The summed E-state index contributed by atoms with van der Waals surface area (Å²) < 4.78 is 5.22. The number of anilines is 2. The van der Waals surface area contributed by atoms with Crippen LogP contribution in [0.4, 0.5) is 11.4 Å². The first-order chi connectivity index (χ1) is 14.0. The van der Waals surface area contributed by atoms with Crippen LogP contribution in [0.3, 0.4) is 0 Å². The van der Waals surface area contributed by atoms with Gasteiger partial charge in [0, 0.05) is 50.5 Å². The van der Waals surface area contributed by atoms with Gasteiger partial charge in [0.2, 0.25) is 5.91 Å². The number of piperazine rings is 1. The lowest BCUT2D eigenvalue weighted by Crippen LogP contribution is -2.49. The standard InChI is InChI=1S/C24H33N3O2/c1-18(2)22-7-5-6-19(3)24(22)25-13-12-23(28)27-16-14-26(15-17-27)20-8-10-21(29-4)11-9-20/h5-11,18,25H,12-17H2,1-4H3. The molecule has 0 spiro atoms. The van der Waals surface area contributed by atoms with Crippen LogP contribution in [0.15, 0.2) is 42.5 Å². The number of rotatable bonds is 7. The van der Waals surface area contributed by atoms with Gasteiger partial charge in [-0.25, -0.2) is 0 Å². The van der Waals surface area contributed by atoms with E-state index in [2.05, 4.69) is 61.3 Å². The summed E-state index contributed by atoms with van der Waals surface area (Å²) in [7, 11) is 1.68. The van der Waals surface area contributed by atoms with Gasteiger partial charge >= 0.3 is 0 Å². The molecule has 0 aliphatic carbocycles. The van der Waals surface area contributed by atoms with Crippen molar-refractivity contribution in [1.82, 2.24) is 4.90 Å². The van der Waals surface area contributed by atoms with E-state index in [-0.39, 0.29) is 5.91 Å². The van der Waals surface area contributed by atoms with Crippen molar-refractivity contribution >= 4 is 17.3 Å². The fraction of sp³-hybridized carbons (Fsp3) is 0.458. The number of nitrogens with zero attached hydrogens (tertiary/aromatic N) is 2. The SMILES string of the molecule is COc1ccc(N2CCN(C(=O)CCNc3c(C)cccc3C(C)C)CC2)cc1. The minimum Gasteiger partial charge on any atom is -0.497 e. The average molecular weight is 396 g/mol. The van der Waals surface area contributed by atoms with Crippen LogP contribution in [0.5, 0.6) is 5.75 Å². The molecule has 0 saturated carbocycles. The fourth-order valence-corrected chi connectivity index (χ4v) is 3.87. The van der Waals surface area contributed by atoms with Gasteiger partial charge in [-0.05, 0) is 48.2 Å². The Hall–Kier alpha value is -2.69. The highest BCUT2D eigenvalue weighted by molar-refractivity contribution is 5.77. The molecule has 1 heterocycles. The number of para-hydroxylation sites is 1. The molecule has 1 aliphatic rings. The highest BCUT2D eigenvalue weighted by Crippen LogP contribution is 2.27. The number of methoxy groups -OCH3 is 1. The normalized spacial score (nSPS) is 14.2. The van der Waals surface area contributed by atoms with Crippen molar-refractivity contribution in [2.24, 2.45) is 0 Å². The van der Waals surface area contributed by atoms with Crippen molar-refractivity contribution in [3.8, 4) is 5.75 Å². The molecule has 156 valence electrons. The first-order valence-electron chi connectivity index (χ1n) is 10.5. The fourth-order valence-electron chi connectivity index (χ4n) is 3.87. The second-order valence-corrected chi connectivity index (χ2v) is 7.94. The van der Waals surface area contributed by atoms with Gasteiger partial charge in [0.25, 0.3) is 0 Å². The molecule has 1 saturated heterocycles. The van der Waals surface area contributed by atoms with Gasteiger partial charge in [0.15, 0.2) is 0 Å². The number of aryl methyl sites for hydroxylation is 1. The molecule has 0 radical (unpaired) electrons. The molecule has 0 atom stereocenters. The van der Waals surface area contributed by atoms with Crippen molar-refractivity contribution < 1.29 is 9.53 Å². The third kappa shape index (κ3) is 5.22. The molecule has 2 aromatic rings. The number of hydrogen-bond donors (Lipinski definition) is 1. The van der Waals surface area contributed by atoms with Gasteiger partial charge in [0.1, 0.15) is 5.75 Å². The third-order valence-corrected chi connectivity index (χ3v) is 5.64. The molecule has 0 bridgehead atoms. The molecule has 5 nitrogen and oxygen atoms in total. The summed E-state index contributed by atoms with van der Waals surface area (Å²) in [5, 5.41) is 3.51. The van der Waals surface area contributed by atoms with Gasteiger partial charge < -0.3 is 19.9 Å². The number of carbonyl (C=O) groups is 1. The Balaban J connectivity index is 1.48. The predicted octanol–water partition coefficient (Wildman–Crippen LogP) is 4.28. The van der Waals surface area contributed by atoms with E-state index in [1.165, 1.54) is 22.5 Å². The molecule has 3 rings (SSSR count). The second kappa shape index (κ2) is 9.68. The van der Waals surface area contributed by atoms with Crippen LogP contribution in [0.2, 0.25) is 0 Å². The molecule has 1 amide bonds. The Morgan fingerprint density at radius 3 is 2.38 bits per heavy atom. The van der Waals surface area contributed by atoms with Crippen LogP contribution in [0, 0.1) is 6.92 Å². The number of nitrogens with one attached hydrogen (secondary N) is 1. The summed E-state index contributed by atoms with van der Waals surface area (Å²) in [5.41, 5.74) is 4.90. The van der Waals surface area contributed by atoms with E-state index in [9.17, 15) is 4.79 Å². The zero-order valence-corrected chi connectivity index (χ0v) is 18.1. The van der Waals surface area contributed by atoms with Crippen molar-refractivity contribution in [1.29, 1.82) is 0 Å². The summed E-state index contributed by atoms with van der Waals surface area (Å²) in [6.07, 6.45) is 0.522. The Morgan fingerprint density at radius 2 is 1.76 bits per heavy atom. The van der Waals surface area contributed by atoms with E-state index in [0.717, 1.165) is 31.9 Å². The van der Waals surface area contributed by atoms with Crippen LogP contribution in [-0.2, 0) is 4.79 Å². The molecule has 0 unspecified atom stereocenters. The Morgan fingerprint density at radius 1 is 1.07 bits per heavy atom. The second-order valence-electron chi connectivity index (χ2n) is 7.94. The monoisotopic (exact) mass is 395 g/mol. The maximum absolute atomic E-state index is 12.7. The molecule has 2 aromatic carbocycles. The van der Waals surface area contributed by atoms with Crippen LogP contribution in [-0.4, -0.2) is 50.6 Å². The summed E-state index contributed by atoms with van der Waals surface area (Å²) in [6, 6.07) is 14.5. The molecule has 1 aliphatic heterocycles. The minimum absolute atomic E-state index is 0.228. The zero-order chi connectivity index (χ0) is 20.8. The largest absolute Gasteiger partial charge is 0.497 e. The lowest BCUT2D eigenvalue weighted by Gasteiger charge is -2.36. The Bertz CT molecular complexity index is 809. The number of amides is 1. The molecule has 1 fully saturated rings. The van der Waals surface area contributed by atoms with E-state index in [1.807, 2.05) is 17.0 Å². The molecular weight excluding hydrogens is 362 g/mol. The molecular formula is C24H33N3O2. The van der Waals surface area contributed by atoms with Gasteiger partial charge in [-0.1, -0.05) is 32.0 Å². The van der Waals surface area contributed by atoms with Crippen LogP contribution < -0.4 is 15.0 Å². The van der Waals surface area contributed by atoms with Crippen LogP contribution in [0.1, 0.15) is 37.3 Å². The van der Waals surface area contributed by atoms with E-state index < -0.39 is 0 Å². The van der Waals surface area contributed by atoms with Crippen molar-refractivity contribution in [2.75, 3.05) is 50.1 Å². The third-order valence-electron chi connectivity index (χ3n) is 5.64. The highest BCUT2D eigenvalue weighted by Gasteiger charge is 2.21. The average Bonchev–Trinajstić information content (AvgIpc) is 2.74. The molecule has 29 heavy (non-hydrogen) atoms. The Kier molecular flexibility index (Phi) is 7.02. The lowest BCUT2D eigenvalue weighted by molar-refractivity contribution is -0.131. The first-order valence-corrected chi connectivity index (χ1v) is 10.5. The van der Waals surface area contributed by atoms with Gasteiger partial charge in [-0.3, -0.25) is 4.79 Å². The highest BCUT2D eigenvalue weighted by atomic mass is 16.5. The van der Waals surface area contributed by atoms with Crippen molar-refractivity contribution in [3.63, 3.8) is 0 Å². The summed E-state index contributed by atoms with van der Waals surface area (Å²) in [5.74, 6) is 1.55. The molecule has 0 aromatic heterocycles. The minimum atomic E-state index is 0.228. The number of benzene rings is 2. The number of ether oxygens (including phenoxy) is 1. The van der Waals surface area contributed by atoms with Gasteiger partial charge in [-0.2, -0.15) is 0 Å². The van der Waals surface area contributed by atoms with E-state index in [4.69, 9.17) is 4.74 Å². The maximum atomic E-state index is 12.7. The zero-order valence-electron chi connectivity index (χ0n) is 18.1. The molecule has 1 N–H and O–H groups in total. The molecule has 5 heteroatoms. The number of hydrogen-bond acceptors (Lipinski definition) is 4. The quantitative estimate of drug-likeness (QED) is 0.760. The van der Waals surface area contributed by atoms with E-state index in [1.54, 1.807) is 7.11 Å². The smallest absolute Gasteiger partial charge is 0.224 e. The first kappa shape index (κ1) is 21.0. The summed E-state index contributed by atoms with van der Waals surface area (Å²) in [6.45, 7) is 10.5. The van der Waals surface area contributed by atoms with Gasteiger partial charge in [-0.15, -0.1) is 0 Å². The maximum Gasteiger partial charge on any atom is 0.224 e. The van der Waals surface area contributed by atoms with Crippen LogP contribution in [0.25, 0.3) is 0 Å². The predicted molar refractivity (Wildman–Crippen MR) is 120 cm³/mol. The topological polar surface area (TPSA) is 44.8 Å². The van der Waals surface area contributed by atoms with Crippen LogP contribution >= 0.6 is 0 Å². The lowest BCUT2D eigenvalue weighted by atomic mass is 9.98. The van der Waals surface area contributed by atoms with Crippen molar-refractivity contribution in [3.05, 3.63) is 53.6 Å². The number of carbonyl (C=O) groups excluding carboxylic acids is 1. The van der Waals surface area contributed by atoms with E-state index in [0.29, 0.717) is 18.9 Å². The van der Waals surface area contributed by atoms with Crippen molar-refractivity contribution in [2.45, 2.75) is 33.1 Å². The van der Waals surface area contributed by atoms with E-state index >= 15 is 0 Å². The van der Waals surface area contributed by atoms with Gasteiger partial charge in [0.05, 0.1) is 7.11 Å². The Labute approximate surface area is 174 Å².